The van der Waals surface area contributed by atoms with Gasteiger partial charge in [-0.2, -0.15) is 5.10 Å². The topological polar surface area (TPSA) is 56.2 Å². The second kappa shape index (κ2) is 4.97. The molecule has 1 atom stereocenters. The molecule has 0 amide bonds. The van der Waals surface area contributed by atoms with Crippen LogP contribution in [0.15, 0.2) is 43.0 Å². The Morgan fingerprint density at radius 1 is 1.25 bits per heavy atom. The summed E-state index contributed by atoms with van der Waals surface area (Å²) in [6.45, 7) is 0. The number of fused-ring (bicyclic) bond motifs is 1. The summed E-state index contributed by atoms with van der Waals surface area (Å²) in [6.07, 6.45) is 6.78. The molecular weight excluding hydrogens is 262 g/mol. The molecule has 6 heteroatoms. The van der Waals surface area contributed by atoms with Crippen LogP contribution in [0.1, 0.15) is 17.2 Å². The Kier molecular flexibility index (Phi) is 3.15. The lowest BCUT2D eigenvalue weighted by Gasteiger charge is -2.11. The van der Waals surface area contributed by atoms with Crippen molar-refractivity contribution < 1.29 is 8.78 Å². The first kappa shape index (κ1) is 12.7. The van der Waals surface area contributed by atoms with Crippen LogP contribution in [0, 0.1) is 11.6 Å². The number of aromatic nitrogens is 3. The highest BCUT2D eigenvalue weighted by Crippen LogP contribution is 2.22. The minimum absolute atomic E-state index is 0.194. The smallest absolute Gasteiger partial charge is 0.126 e. The van der Waals surface area contributed by atoms with Crippen LogP contribution in [0.4, 0.5) is 8.78 Å². The van der Waals surface area contributed by atoms with E-state index in [0.717, 1.165) is 23.2 Å². The first-order chi connectivity index (χ1) is 9.65. The molecule has 0 saturated carbocycles. The van der Waals surface area contributed by atoms with Crippen molar-refractivity contribution in [2.45, 2.75) is 12.5 Å². The fourth-order valence-electron chi connectivity index (χ4n) is 2.19. The molecule has 102 valence electrons. The third-order valence-electron chi connectivity index (χ3n) is 3.20. The molecule has 2 N–H and O–H groups in total. The fraction of sp³-hybridized carbons (Fsp3) is 0.143. The monoisotopic (exact) mass is 274 g/mol. The van der Waals surface area contributed by atoms with Crippen LogP contribution in [0.25, 0.3) is 5.52 Å². The number of nitrogens with two attached hydrogens (primary N) is 1. The van der Waals surface area contributed by atoms with Gasteiger partial charge in [0.15, 0.2) is 0 Å². The average molecular weight is 274 g/mol. The second-order valence-electron chi connectivity index (χ2n) is 4.55. The molecular formula is C14H12F2N4. The van der Waals surface area contributed by atoms with Crippen molar-refractivity contribution in [3.8, 4) is 0 Å². The van der Waals surface area contributed by atoms with Crippen LogP contribution in [0.3, 0.4) is 0 Å². The number of rotatable bonds is 3. The summed E-state index contributed by atoms with van der Waals surface area (Å²) in [6, 6.07) is 2.88. The zero-order valence-corrected chi connectivity index (χ0v) is 10.5. The third kappa shape index (κ3) is 2.25. The second-order valence-corrected chi connectivity index (χ2v) is 4.55. The predicted molar refractivity (Wildman–Crippen MR) is 70.0 cm³/mol. The van der Waals surface area contributed by atoms with Crippen molar-refractivity contribution in [1.29, 1.82) is 0 Å². The van der Waals surface area contributed by atoms with Crippen molar-refractivity contribution in [1.82, 2.24) is 14.6 Å². The van der Waals surface area contributed by atoms with E-state index < -0.39 is 17.7 Å². The molecule has 2 aromatic heterocycles. The first-order valence-corrected chi connectivity index (χ1v) is 6.12. The molecule has 1 unspecified atom stereocenters. The summed E-state index contributed by atoms with van der Waals surface area (Å²) in [5.41, 5.74) is 7.85. The number of benzene rings is 1. The number of halogens is 2. The van der Waals surface area contributed by atoms with Gasteiger partial charge in [0.2, 0.25) is 0 Å². The van der Waals surface area contributed by atoms with Crippen molar-refractivity contribution in [2.24, 2.45) is 5.73 Å². The third-order valence-corrected chi connectivity index (χ3v) is 3.20. The maximum atomic E-state index is 13.6. The first-order valence-electron chi connectivity index (χ1n) is 6.12. The lowest BCUT2D eigenvalue weighted by atomic mass is 10.0. The Labute approximate surface area is 113 Å². The van der Waals surface area contributed by atoms with Crippen LogP contribution in [0.5, 0.6) is 0 Å². The maximum absolute atomic E-state index is 13.6. The molecule has 0 saturated heterocycles. The fourth-order valence-corrected chi connectivity index (χ4v) is 2.19. The van der Waals surface area contributed by atoms with Gasteiger partial charge in [-0.05, 0) is 30.2 Å². The molecule has 2 heterocycles. The van der Waals surface area contributed by atoms with Crippen LogP contribution in [-0.2, 0) is 6.42 Å². The summed E-state index contributed by atoms with van der Waals surface area (Å²) in [7, 11) is 0. The van der Waals surface area contributed by atoms with Gasteiger partial charge in [0.25, 0.3) is 0 Å². The Bertz CT molecular complexity index is 754. The average Bonchev–Trinajstić information content (AvgIpc) is 2.87. The molecule has 0 bridgehead atoms. The Balaban J connectivity index is 1.93. The number of nitrogens with zero attached hydrogens (tertiary/aromatic N) is 3. The summed E-state index contributed by atoms with van der Waals surface area (Å²) < 4.78 is 28.4. The standard InChI is InChI=1S/C14H12F2N4/c15-10-1-2-12(16)9(5-10)6-13(17)11-7-19-20-4-3-18-8-14(11)20/h1-5,7-8,13H,6,17H2. The van der Waals surface area contributed by atoms with Crippen LogP contribution in [-0.4, -0.2) is 14.6 Å². The zero-order valence-electron chi connectivity index (χ0n) is 10.5. The number of hydrogen-bond acceptors (Lipinski definition) is 3. The molecule has 0 aliphatic heterocycles. The van der Waals surface area contributed by atoms with E-state index >= 15 is 0 Å². The van der Waals surface area contributed by atoms with E-state index in [4.69, 9.17) is 5.73 Å². The van der Waals surface area contributed by atoms with E-state index in [9.17, 15) is 8.78 Å². The van der Waals surface area contributed by atoms with Gasteiger partial charge in [0, 0.05) is 24.0 Å². The Morgan fingerprint density at radius 3 is 2.95 bits per heavy atom. The summed E-state index contributed by atoms with van der Waals surface area (Å²) in [5, 5.41) is 4.15. The lowest BCUT2D eigenvalue weighted by molar-refractivity contribution is 0.573. The lowest BCUT2D eigenvalue weighted by Crippen LogP contribution is -2.14. The Hall–Kier alpha value is -2.34. The highest BCUT2D eigenvalue weighted by atomic mass is 19.1. The highest BCUT2D eigenvalue weighted by Gasteiger charge is 2.15. The molecule has 4 nitrogen and oxygen atoms in total. The molecule has 20 heavy (non-hydrogen) atoms. The molecule has 0 fully saturated rings. The normalized spacial score (nSPS) is 12.8. The van der Waals surface area contributed by atoms with Gasteiger partial charge in [0.1, 0.15) is 11.6 Å². The highest BCUT2D eigenvalue weighted by molar-refractivity contribution is 5.53. The molecule has 1 aromatic carbocycles. The van der Waals surface area contributed by atoms with Gasteiger partial charge < -0.3 is 5.73 Å². The van der Waals surface area contributed by atoms with E-state index in [1.54, 1.807) is 29.3 Å². The predicted octanol–water partition coefficient (Wildman–Crippen LogP) is 2.25. The largest absolute Gasteiger partial charge is 0.324 e. The molecule has 0 radical (unpaired) electrons. The molecule has 3 aromatic rings. The van der Waals surface area contributed by atoms with Crippen LogP contribution >= 0.6 is 0 Å². The Morgan fingerprint density at radius 2 is 2.10 bits per heavy atom. The van der Waals surface area contributed by atoms with Crippen molar-refractivity contribution in [3.05, 3.63) is 65.7 Å². The maximum Gasteiger partial charge on any atom is 0.126 e. The van der Waals surface area contributed by atoms with E-state index in [1.165, 1.54) is 6.07 Å². The summed E-state index contributed by atoms with van der Waals surface area (Å²) in [4.78, 5) is 4.02. The molecule has 0 spiro atoms. The molecule has 0 aliphatic rings. The van der Waals surface area contributed by atoms with E-state index in [0.29, 0.717) is 0 Å². The van der Waals surface area contributed by atoms with Crippen molar-refractivity contribution in [2.75, 3.05) is 0 Å². The van der Waals surface area contributed by atoms with Crippen molar-refractivity contribution in [3.63, 3.8) is 0 Å². The van der Waals surface area contributed by atoms with E-state index in [-0.39, 0.29) is 12.0 Å². The van der Waals surface area contributed by atoms with Gasteiger partial charge in [-0.1, -0.05) is 0 Å². The summed E-state index contributed by atoms with van der Waals surface area (Å²) >= 11 is 0. The zero-order chi connectivity index (χ0) is 14.1. The van der Waals surface area contributed by atoms with Gasteiger partial charge in [-0.3, -0.25) is 4.98 Å². The van der Waals surface area contributed by atoms with Gasteiger partial charge in [-0.15, -0.1) is 0 Å². The van der Waals surface area contributed by atoms with Gasteiger partial charge >= 0.3 is 0 Å². The molecule has 0 aliphatic carbocycles. The molecule has 3 rings (SSSR count). The van der Waals surface area contributed by atoms with Gasteiger partial charge in [0.05, 0.1) is 17.9 Å². The van der Waals surface area contributed by atoms with Crippen LogP contribution < -0.4 is 5.73 Å². The minimum Gasteiger partial charge on any atom is -0.324 e. The van der Waals surface area contributed by atoms with E-state index in [1.807, 2.05) is 0 Å². The number of hydrogen-bond donors (Lipinski definition) is 1. The summed E-state index contributed by atoms with van der Waals surface area (Å²) in [5.74, 6) is -0.938. The SMILES string of the molecule is NC(Cc1cc(F)ccc1F)c1cnn2ccncc12. The van der Waals surface area contributed by atoms with Gasteiger partial charge in [-0.25, -0.2) is 13.3 Å². The van der Waals surface area contributed by atoms with Crippen molar-refractivity contribution >= 4 is 5.52 Å². The minimum atomic E-state index is -0.479. The quantitative estimate of drug-likeness (QED) is 0.797. The van der Waals surface area contributed by atoms with Crippen LogP contribution in [0.2, 0.25) is 0 Å². The van der Waals surface area contributed by atoms with E-state index in [2.05, 4.69) is 10.1 Å².